The van der Waals surface area contributed by atoms with Crippen molar-refractivity contribution in [2.75, 3.05) is 32.8 Å². The summed E-state index contributed by atoms with van der Waals surface area (Å²) in [7, 11) is 0. The van der Waals surface area contributed by atoms with Gasteiger partial charge in [-0.25, -0.2) is 4.79 Å². The first kappa shape index (κ1) is 17.4. The molecule has 2 heterocycles. The molecular formula is C18H25N5O2. The second-order valence-corrected chi connectivity index (χ2v) is 6.31. The molecule has 1 fully saturated rings. The van der Waals surface area contributed by atoms with Crippen molar-refractivity contribution in [2.24, 2.45) is 0 Å². The Bertz CT molecular complexity index is 651. The summed E-state index contributed by atoms with van der Waals surface area (Å²) in [6.45, 7) is 6.76. The summed E-state index contributed by atoms with van der Waals surface area (Å²) < 4.78 is 5.34. The van der Waals surface area contributed by atoms with Crippen LogP contribution in [0, 0.1) is 0 Å². The molecule has 1 atom stereocenters. The topological polar surface area (TPSA) is 82.3 Å². The van der Waals surface area contributed by atoms with Gasteiger partial charge in [-0.05, 0) is 24.1 Å². The van der Waals surface area contributed by atoms with E-state index in [0.29, 0.717) is 6.54 Å². The van der Waals surface area contributed by atoms with E-state index in [-0.39, 0.29) is 12.1 Å². The first-order chi connectivity index (χ1) is 12.2. The number of hydrogen-bond acceptors (Lipinski definition) is 4. The molecule has 0 spiro atoms. The fourth-order valence-electron chi connectivity index (χ4n) is 2.89. The molecule has 7 nitrogen and oxygen atoms in total. The molecule has 1 saturated heterocycles. The van der Waals surface area contributed by atoms with Gasteiger partial charge in [-0.1, -0.05) is 24.3 Å². The smallest absolute Gasteiger partial charge is 0.315 e. The molecule has 0 unspecified atom stereocenters. The number of urea groups is 1. The van der Waals surface area contributed by atoms with Crippen molar-refractivity contribution in [3.05, 3.63) is 42.1 Å². The number of amides is 2. The molecule has 0 saturated carbocycles. The highest BCUT2D eigenvalue weighted by Gasteiger charge is 2.15. The van der Waals surface area contributed by atoms with Gasteiger partial charge in [0.15, 0.2) is 0 Å². The molecule has 0 bridgehead atoms. The van der Waals surface area contributed by atoms with E-state index in [1.165, 1.54) is 0 Å². The van der Waals surface area contributed by atoms with Gasteiger partial charge in [0.2, 0.25) is 0 Å². The minimum absolute atomic E-state index is 0.0980. The van der Waals surface area contributed by atoms with E-state index in [1.807, 2.05) is 37.3 Å². The van der Waals surface area contributed by atoms with Crippen LogP contribution in [-0.4, -0.2) is 60.0 Å². The number of carbonyl (C=O) groups is 1. The van der Waals surface area contributed by atoms with Gasteiger partial charge >= 0.3 is 6.03 Å². The quantitative estimate of drug-likeness (QED) is 0.744. The molecule has 1 aliphatic heterocycles. The predicted octanol–water partition coefficient (Wildman–Crippen LogP) is 1.60. The summed E-state index contributed by atoms with van der Waals surface area (Å²) in [5.74, 6) is 0. The molecule has 0 radical (unpaired) electrons. The second kappa shape index (κ2) is 8.64. The van der Waals surface area contributed by atoms with Crippen LogP contribution in [0.15, 0.2) is 36.5 Å². The molecule has 1 aromatic heterocycles. The first-order valence-corrected chi connectivity index (χ1v) is 8.64. The van der Waals surface area contributed by atoms with E-state index in [4.69, 9.17) is 4.74 Å². The third kappa shape index (κ3) is 5.30. The summed E-state index contributed by atoms with van der Waals surface area (Å²) in [6, 6.07) is 9.93. The zero-order chi connectivity index (χ0) is 17.5. The number of carbonyl (C=O) groups excluding carboxylic acids is 1. The van der Waals surface area contributed by atoms with Gasteiger partial charge in [0.25, 0.3) is 0 Å². The van der Waals surface area contributed by atoms with Gasteiger partial charge < -0.3 is 15.4 Å². The number of rotatable bonds is 6. The molecule has 0 aliphatic carbocycles. The molecule has 7 heteroatoms. The lowest BCUT2D eigenvalue weighted by atomic mass is 10.1. The zero-order valence-electron chi connectivity index (χ0n) is 14.5. The van der Waals surface area contributed by atoms with Crippen molar-refractivity contribution in [1.29, 1.82) is 0 Å². The molecule has 3 rings (SSSR count). The number of H-pyrrole nitrogens is 1. The number of aromatic nitrogens is 2. The monoisotopic (exact) mass is 343 g/mol. The SMILES string of the molecule is C[C@H](CN1CCOCC1)NC(=O)NCc1ccc(-c2ccn[nH]2)cc1. The fraction of sp³-hybridized carbons (Fsp3) is 0.444. The maximum absolute atomic E-state index is 12.0. The van der Waals surface area contributed by atoms with Crippen LogP contribution in [0.2, 0.25) is 0 Å². The summed E-state index contributed by atoms with van der Waals surface area (Å²) in [5, 5.41) is 12.8. The largest absolute Gasteiger partial charge is 0.379 e. The summed E-state index contributed by atoms with van der Waals surface area (Å²) in [4.78, 5) is 14.4. The lowest BCUT2D eigenvalue weighted by Crippen LogP contribution is -2.48. The maximum atomic E-state index is 12.0. The van der Waals surface area contributed by atoms with E-state index >= 15 is 0 Å². The van der Waals surface area contributed by atoms with E-state index in [2.05, 4.69) is 25.7 Å². The Morgan fingerprint density at radius 1 is 1.28 bits per heavy atom. The van der Waals surface area contributed by atoms with Gasteiger partial charge in [0.1, 0.15) is 0 Å². The highest BCUT2D eigenvalue weighted by atomic mass is 16.5. The average molecular weight is 343 g/mol. The third-order valence-corrected chi connectivity index (χ3v) is 4.23. The Labute approximate surface area is 147 Å². The van der Waals surface area contributed by atoms with Crippen LogP contribution in [0.5, 0.6) is 0 Å². The molecule has 1 aliphatic rings. The van der Waals surface area contributed by atoms with Gasteiger partial charge in [-0.3, -0.25) is 10.00 Å². The van der Waals surface area contributed by atoms with Gasteiger partial charge in [-0.2, -0.15) is 5.10 Å². The fourth-order valence-corrected chi connectivity index (χ4v) is 2.89. The van der Waals surface area contributed by atoms with Crippen molar-refractivity contribution < 1.29 is 9.53 Å². The van der Waals surface area contributed by atoms with Crippen LogP contribution in [0.4, 0.5) is 4.79 Å². The zero-order valence-corrected chi connectivity index (χ0v) is 14.5. The Hall–Kier alpha value is -2.38. The average Bonchev–Trinajstić information content (AvgIpc) is 3.16. The number of ether oxygens (including phenoxy) is 1. The number of hydrogen-bond donors (Lipinski definition) is 3. The van der Waals surface area contributed by atoms with Crippen LogP contribution >= 0.6 is 0 Å². The number of nitrogens with one attached hydrogen (secondary N) is 3. The van der Waals surface area contributed by atoms with Crippen molar-refractivity contribution in [2.45, 2.75) is 19.5 Å². The maximum Gasteiger partial charge on any atom is 0.315 e. The van der Waals surface area contributed by atoms with E-state index in [0.717, 1.165) is 49.7 Å². The second-order valence-electron chi connectivity index (χ2n) is 6.31. The van der Waals surface area contributed by atoms with Gasteiger partial charge in [-0.15, -0.1) is 0 Å². The third-order valence-electron chi connectivity index (χ3n) is 4.23. The first-order valence-electron chi connectivity index (χ1n) is 8.64. The molecule has 3 N–H and O–H groups in total. The van der Waals surface area contributed by atoms with E-state index < -0.39 is 0 Å². The standard InChI is InChI=1S/C18H25N5O2/c1-14(13-23-8-10-25-11-9-23)21-18(24)19-12-15-2-4-16(5-3-15)17-6-7-20-22-17/h2-7,14H,8-13H2,1H3,(H,20,22)(H2,19,21,24)/t14-/m1/s1. The molecule has 2 amide bonds. The Kier molecular flexibility index (Phi) is 6.03. The summed E-state index contributed by atoms with van der Waals surface area (Å²) in [6.07, 6.45) is 1.73. The highest BCUT2D eigenvalue weighted by Crippen LogP contribution is 2.16. The molecule has 134 valence electrons. The van der Waals surface area contributed by atoms with Gasteiger partial charge in [0.05, 0.1) is 18.9 Å². The van der Waals surface area contributed by atoms with Crippen LogP contribution in [0.3, 0.4) is 0 Å². The molecule has 2 aromatic rings. The van der Waals surface area contributed by atoms with Crippen LogP contribution in [0.1, 0.15) is 12.5 Å². The normalized spacial score (nSPS) is 16.4. The van der Waals surface area contributed by atoms with Crippen LogP contribution < -0.4 is 10.6 Å². The Morgan fingerprint density at radius 2 is 2.04 bits per heavy atom. The lowest BCUT2D eigenvalue weighted by molar-refractivity contribution is 0.0349. The van der Waals surface area contributed by atoms with E-state index in [1.54, 1.807) is 6.20 Å². The number of morpholine rings is 1. The molecule has 25 heavy (non-hydrogen) atoms. The van der Waals surface area contributed by atoms with Crippen molar-refractivity contribution in [3.8, 4) is 11.3 Å². The Morgan fingerprint density at radius 3 is 2.72 bits per heavy atom. The molecular weight excluding hydrogens is 318 g/mol. The van der Waals surface area contributed by atoms with Crippen molar-refractivity contribution in [3.63, 3.8) is 0 Å². The number of aromatic amines is 1. The molecule has 1 aromatic carbocycles. The van der Waals surface area contributed by atoms with E-state index in [9.17, 15) is 4.79 Å². The van der Waals surface area contributed by atoms with Crippen molar-refractivity contribution in [1.82, 2.24) is 25.7 Å². The van der Waals surface area contributed by atoms with Crippen LogP contribution in [-0.2, 0) is 11.3 Å². The Balaban J connectivity index is 1.41. The number of nitrogens with zero attached hydrogens (tertiary/aromatic N) is 2. The lowest BCUT2D eigenvalue weighted by Gasteiger charge is -2.29. The predicted molar refractivity (Wildman–Crippen MR) is 96.1 cm³/mol. The minimum atomic E-state index is -0.140. The summed E-state index contributed by atoms with van der Waals surface area (Å²) >= 11 is 0. The van der Waals surface area contributed by atoms with Crippen LogP contribution in [0.25, 0.3) is 11.3 Å². The number of benzene rings is 1. The van der Waals surface area contributed by atoms with Crippen molar-refractivity contribution >= 4 is 6.03 Å². The minimum Gasteiger partial charge on any atom is -0.379 e. The van der Waals surface area contributed by atoms with Gasteiger partial charge in [0, 0.05) is 38.4 Å². The summed E-state index contributed by atoms with van der Waals surface area (Å²) in [5.41, 5.74) is 3.11. The highest BCUT2D eigenvalue weighted by molar-refractivity contribution is 5.74.